The monoisotopic (exact) mass is 490 g/mol. The first-order valence-electron chi connectivity index (χ1n) is 10.2. The molecule has 0 aliphatic rings. The number of unbranched alkanes of at least 4 members (excludes halogenated alkanes) is 3. The van der Waals surface area contributed by atoms with Gasteiger partial charge in [-0.15, -0.1) is 0 Å². The van der Waals surface area contributed by atoms with Crippen molar-refractivity contribution < 1.29 is 35.7 Å². The summed E-state index contributed by atoms with van der Waals surface area (Å²) in [6.45, 7) is 0.528. The number of imidazole rings is 1. The molecular weight excluding hydrogens is 465 g/mol. The fourth-order valence-electron chi connectivity index (χ4n) is 3.12. The SMILES string of the molecule is CCCCCCC(C(=O)NCC(F)(F)F)n1cnc(NC(=O)c2ccccc2S(=O)(=O)O)c1. The van der Waals surface area contributed by atoms with Crippen molar-refractivity contribution in [3.8, 4) is 0 Å². The van der Waals surface area contributed by atoms with Crippen LogP contribution in [-0.2, 0) is 14.9 Å². The molecule has 0 bridgehead atoms. The fourth-order valence-corrected chi connectivity index (χ4v) is 3.81. The normalized spacial score (nSPS) is 12.9. The molecule has 33 heavy (non-hydrogen) atoms. The van der Waals surface area contributed by atoms with Crippen molar-refractivity contribution in [2.45, 2.75) is 56.1 Å². The summed E-state index contributed by atoms with van der Waals surface area (Å²) in [4.78, 5) is 28.3. The number of anilines is 1. The van der Waals surface area contributed by atoms with Crippen LogP contribution in [0.5, 0.6) is 0 Å². The van der Waals surface area contributed by atoms with E-state index in [9.17, 15) is 35.7 Å². The van der Waals surface area contributed by atoms with E-state index in [1.807, 2.05) is 12.2 Å². The third kappa shape index (κ3) is 8.17. The smallest absolute Gasteiger partial charge is 0.345 e. The number of aromatic nitrogens is 2. The van der Waals surface area contributed by atoms with Gasteiger partial charge in [0.15, 0.2) is 5.82 Å². The summed E-state index contributed by atoms with van der Waals surface area (Å²) in [5.74, 6) is -1.77. The largest absolute Gasteiger partial charge is 0.405 e. The van der Waals surface area contributed by atoms with Crippen LogP contribution in [0.3, 0.4) is 0 Å². The van der Waals surface area contributed by atoms with Gasteiger partial charge in [-0.1, -0.05) is 44.7 Å². The maximum Gasteiger partial charge on any atom is 0.405 e. The van der Waals surface area contributed by atoms with Crippen LogP contribution in [0.2, 0.25) is 0 Å². The summed E-state index contributed by atoms with van der Waals surface area (Å²) in [5, 5.41) is 4.23. The lowest BCUT2D eigenvalue weighted by Gasteiger charge is -2.18. The lowest BCUT2D eigenvalue weighted by atomic mass is 10.1. The number of alkyl halides is 3. The predicted octanol–water partition coefficient (Wildman–Crippen LogP) is 3.57. The van der Waals surface area contributed by atoms with Gasteiger partial charge in [0.05, 0.1) is 11.9 Å². The number of benzene rings is 1. The third-order valence-corrected chi connectivity index (χ3v) is 5.62. The molecule has 1 aromatic heterocycles. The summed E-state index contributed by atoms with van der Waals surface area (Å²) in [6, 6.07) is 4.00. The number of carbonyl (C=O) groups excluding carboxylic acids is 2. The first-order chi connectivity index (χ1) is 15.4. The zero-order valence-corrected chi connectivity index (χ0v) is 18.6. The van der Waals surface area contributed by atoms with Gasteiger partial charge < -0.3 is 15.2 Å². The van der Waals surface area contributed by atoms with E-state index in [4.69, 9.17) is 0 Å². The molecule has 2 rings (SSSR count). The summed E-state index contributed by atoms with van der Waals surface area (Å²) in [7, 11) is -4.66. The first kappa shape index (κ1) is 26.3. The molecule has 13 heteroatoms. The zero-order valence-electron chi connectivity index (χ0n) is 17.8. The maximum atomic E-state index is 12.5. The van der Waals surface area contributed by atoms with Crippen molar-refractivity contribution in [1.29, 1.82) is 0 Å². The third-order valence-electron chi connectivity index (χ3n) is 4.71. The Balaban J connectivity index is 2.19. The number of nitrogens with zero attached hydrogens (tertiary/aromatic N) is 2. The molecule has 0 radical (unpaired) electrons. The molecule has 2 amide bonds. The van der Waals surface area contributed by atoms with E-state index in [-0.39, 0.29) is 17.8 Å². The first-order valence-corrected chi connectivity index (χ1v) is 11.6. The Morgan fingerprint density at radius 1 is 1.18 bits per heavy atom. The van der Waals surface area contributed by atoms with Gasteiger partial charge in [-0.2, -0.15) is 21.6 Å². The van der Waals surface area contributed by atoms with E-state index < -0.39 is 45.6 Å². The molecule has 182 valence electrons. The Kier molecular flexibility index (Phi) is 8.99. The Morgan fingerprint density at radius 2 is 1.88 bits per heavy atom. The van der Waals surface area contributed by atoms with Gasteiger partial charge >= 0.3 is 6.18 Å². The second-order valence-electron chi connectivity index (χ2n) is 7.33. The lowest BCUT2D eigenvalue weighted by molar-refractivity contribution is -0.140. The molecule has 0 spiro atoms. The van der Waals surface area contributed by atoms with Gasteiger partial charge in [-0.3, -0.25) is 14.1 Å². The van der Waals surface area contributed by atoms with Crippen LogP contribution in [0.4, 0.5) is 19.0 Å². The van der Waals surface area contributed by atoms with Crippen LogP contribution in [0.1, 0.15) is 55.4 Å². The molecular formula is C20H25F3N4O5S. The molecule has 0 saturated carbocycles. The van der Waals surface area contributed by atoms with Crippen molar-refractivity contribution >= 4 is 27.8 Å². The highest BCUT2D eigenvalue weighted by atomic mass is 32.2. The number of carbonyl (C=O) groups is 2. The Bertz CT molecular complexity index is 1070. The van der Waals surface area contributed by atoms with E-state index in [0.717, 1.165) is 25.3 Å². The van der Waals surface area contributed by atoms with Gasteiger partial charge in [0.1, 0.15) is 17.5 Å². The van der Waals surface area contributed by atoms with Crippen molar-refractivity contribution in [1.82, 2.24) is 14.9 Å². The van der Waals surface area contributed by atoms with Crippen LogP contribution >= 0.6 is 0 Å². The quantitative estimate of drug-likeness (QED) is 0.326. The zero-order chi connectivity index (χ0) is 24.6. The number of hydrogen-bond acceptors (Lipinski definition) is 5. The van der Waals surface area contributed by atoms with Crippen LogP contribution in [0.25, 0.3) is 0 Å². The van der Waals surface area contributed by atoms with Crippen molar-refractivity contribution in [3.63, 3.8) is 0 Å². The Labute approximate surface area is 189 Å². The summed E-state index contributed by atoms with van der Waals surface area (Å²) < 4.78 is 71.1. The minimum absolute atomic E-state index is 0.0488. The number of hydrogen-bond donors (Lipinski definition) is 3. The van der Waals surface area contributed by atoms with Crippen LogP contribution in [0.15, 0.2) is 41.7 Å². The van der Waals surface area contributed by atoms with Gasteiger partial charge in [-0.05, 0) is 18.6 Å². The topological polar surface area (TPSA) is 130 Å². The highest BCUT2D eigenvalue weighted by Gasteiger charge is 2.30. The highest BCUT2D eigenvalue weighted by molar-refractivity contribution is 7.86. The van der Waals surface area contributed by atoms with Crippen LogP contribution < -0.4 is 10.6 Å². The van der Waals surface area contributed by atoms with E-state index in [0.29, 0.717) is 6.42 Å². The summed E-state index contributed by atoms with van der Waals surface area (Å²) in [5.41, 5.74) is -0.325. The standard InChI is InChI=1S/C20H25F3N4O5S/c1-2-3-4-5-9-15(19(29)24-12-20(21,22)23)27-11-17(25-13-27)26-18(28)14-8-6-7-10-16(14)33(30,31)32/h6-8,10-11,13,15H,2-5,9,12H2,1H3,(H,24,29)(H,26,28)(H,30,31,32). The molecule has 0 fully saturated rings. The molecule has 1 unspecified atom stereocenters. The molecule has 1 atom stereocenters. The molecule has 0 aliphatic carbocycles. The lowest BCUT2D eigenvalue weighted by Crippen LogP contribution is -2.38. The Hall–Kier alpha value is -2.93. The predicted molar refractivity (Wildman–Crippen MR) is 113 cm³/mol. The second-order valence-corrected chi connectivity index (χ2v) is 8.72. The average Bonchev–Trinajstić information content (AvgIpc) is 3.19. The second kappa shape index (κ2) is 11.3. The molecule has 1 aromatic carbocycles. The number of amides is 2. The minimum Gasteiger partial charge on any atom is -0.345 e. The van der Waals surface area contributed by atoms with Crippen molar-refractivity contribution in [3.05, 3.63) is 42.4 Å². The number of nitrogens with one attached hydrogen (secondary N) is 2. The van der Waals surface area contributed by atoms with Gasteiger partial charge in [0.2, 0.25) is 5.91 Å². The fraction of sp³-hybridized carbons (Fsp3) is 0.450. The molecule has 1 heterocycles. The summed E-state index contributed by atoms with van der Waals surface area (Å²) >= 11 is 0. The maximum absolute atomic E-state index is 12.5. The van der Waals surface area contributed by atoms with E-state index >= 15 is 0 Å². The molecule has 9 nitrogen and oxygen atoms in total. The molecule has 3 N–H and O–H groups in total. The summed E-state index contributed by atoms with van der Waals surface area (Å²) in [6.07, 6.45) is 1.42. The Morgan fingerprint density at radius 3 is 2.52 bits per heavy atom. The van der Waals surface area contributed by atoms with E-state index in [1.54, 1.807) is 0 Å². The number of halogens is 3. The van der Waals surface area contributed by atoms with E-state index in [1.165, 1.54) is 35.3 Å². The molecule has 0 saturated heterocycles. The molecule has 2 aromatic rings. The van der Waals surface area contributed by atoms with E-state index in [2.05, 4.69) is 10.3 Å². The van der Waals surface area contributed by atoms with Crippen molar-refractivity contribution in [2.75, 3.05) is 11.9 Å². The number of rotatable bonds is 11. The van der Waals surface area contributed by atoms with Crippen molar-refractivity contribution in [2.24, 2.45) is 0 Å². The minimum atomic E-state index is -4.66. The highest BCUT2D eigenvalue weighted by Crippen LogP contribution is 2.21. The van der Waals surface area contributed by atoms with Gasteiger partial charge in [0.25, 0.3) is 16.0 Å². The van der Waals surface area contributed by atoms with Crippen LogP contribution in [-0.4, -0.2) is 47.1 Å². The van der Waals surface area contributed by atoms with Gasteiger partial charge in [0, 0.05) is 6.20 Å². The molecule has 0 aliphatic heterocycles. The van der Waals surface area contributed by atoms with Crippen LogP contribution in [0, 0.1) is 0 Å². The average molecular weight is 491 g/mol. The van der Waals surface area contributed by atoms with Gasteiger partial charge in [-0.25, -0.2) is 4.98 Å².